The summed E-state index contributed by atoms with van der Waals surface area (Å²) >= 11 is 0. The van der Waals surface area contributed by atoms with E-state index < -0.39 is 10.0 Å². The molecular weight excluding hydrogens is 388 g/mol. The Balaban J connectivity index is 1.78. The number of carbonyl (C=O) groups excluding carboxylic acids is 1. The van der Waals surface area contributed by atoms with Crippen LogP contribution in [0.15, 0.2) is 41.3 Å². The summed E-state index contributed by atoms with van der Waals surface area (Å²) in [7, 11) is -2.28. The number of aromatic nitrogens is 1. The fourth-order valence-electron chi connectivity index (χ4n) is 4.09. The molecule has 3 aromatic rings. The molecule has 29 heavy (non-hydrogen) atoms. The highest BCUT2D eigenvalue weighted by molar-refractivity contribution is 7.92. The lowest BCUT2D eigenvalue weighted by Crippen LogP contribution is -2.26. The topological polar surface area (TPSA) is 88.3 Å². The third-order valence-corrected chi connectivity index (χ3v) is 6.88. The predicted molar refractivity (Wildman–Crippen MR) is 113 cm³/mol. The summed E-state index contributed by atoms with van der Waals surface area (Å²) < 4.78 is 33.9. The van der Waals surface area contributed by atoms with Crippen LogP contribution in [0.4, 0.5) is 5.69 Å². The van der Waals surface area contributed by atoms with Crippen molar-refractivity contribution in [3.63, 3.8) is 0 Å². The third-order valence-electron chi connectivity index (χ3n) is 5.36. The number of hydrogen-bond donors (Lipinski definition) is 2. The zero-order valence-electron chi connectivity index (χ0n) is 16.9. The fourth-order valence-corrected chi connectivity index (χ4v) is 5.39. The Morgan fingerprint density at radius 1 is 1.14 bits per heavy atom. The quantitative estimate of drug-likeness (QED) is 0.663. The van der Waals surface area contributed by atoms with Crippen molar-refractivity contribution in [2.75, 3.05) is 11.8 Å². The molecule has 0 unspecified atom stereocenters. The Kier molecular flexibility index (Phi) is 4.46. The van der Waals surface area contributed by atoms with Gasteiger partial charge in [0, 0.05) is 34.6 Å². The number of methoxy groups -OCH3 is 1. The highest BCUT2D eigenvalue weighted by Crippen LogP contribution is 2.39. The minimum atomic E-state index is -3.81. The second-order valence-corrected chi connectivity index (χ2v) is 10.1. The molecule has 0 atom stereocenters. The molecule has 1 aromatic heterocycles. The maximum Gasteiger partial charge on any atom is 0.262 e. The lowest BCUT2D eigenvalue weighted by atomic mass is 9.76. The SMILES string of the molecule is COc1cccc(NS(=O)(=O)c2cc3[nH]c4c(c3cc2C)C(=O)CC(C)(C)C4)c1. The summed E-state index contributed by atoms with van der Waals surface area (Å²) in [4.78, 5) is 16.2. The lowest BCUT2D eigenvalue weighted by molar-refractivity contribution is 0.0913. The van der Waals surface area contributed by atoms with Gasteiger partial charge in [-0.3, -0.25) is 9.52 Å². The van der Waals surface area contributed by atoms with Crippen LogP contribution in [0.1, 0.15) is 41.9 Å². The second kappa shape index (κ2) is 6.62. The monoisotopic (exact) mass is 412 g/mol. The largest absolute Gasteiger partial charge is 0.497 e. The van der Waals surface area contributed by atoms with Gasteiger partial charge in [0.25, 0.3) is 10.0 Å². The Labute approximate surface area is 170 Å². The van der Waals surface area contributed by atoms with Crippen LogP contribution in [0.25, 0.3) is 10.9 Å². The average molecular weight is 413 g/mol. The molecule has 0 aliphatic heterocycles. The molecule has 0 bridgehead atoms. The number of hydrogen-bond acceptors (Lipinski definition) is 4. The maximum atomic E-state index is 13.0. The molecule has 7 heteroatoms. The summed E-state index contributed by atoms with van der Waals surface area (Å²) in [5, 5.41) is 0.790. The first-order valence-electron chi connectivity index (χ1n) is 9.45. The summed E-state index contributed by atoms with van der Waals surface area (Å²) in [5.41, 5.74) is 3.16. The first kappa shape index (κ1) is 19.5. The highest BCUT2D eigenvalue weighted by Gasteiger charge is 2.34. The molecule has 2 N–H and O–H groups in total. The molecule has 2 aromatic carbocycles. The molecule has 0 saturated carbocycles. The summed E-state index contributed by atoms with van der Waals surface area (Å²) in [6.45, 7) is 5.88. The third kappa shape index (κ3) is 3.51. The molecule has 1 aliphatic rings. The number of sulfonamides is 1. The van der Waals surface area contributed by atoms with E-state index in [0.717, 1.165) is 17.5 Å². The molecule has 6 nitrogen and oxygen atoms in total. The molecule has 0 spiro atoms. The van der Waals surface area contributed by atoms with Crippen LogP contribution >= 0.6 is 0 Å². The summed E-state index contributed by atoms with van der Waals surface area (Å²) in [6.07, 6.45) is 1.25. The second-order valence-electron chi connectivity index (χ2n) is 8.42. The van der Waals surface area contributed by atoms with Gasteiger partial charge in [-0.25, -0.2) is 8.42 Å². The number of benzene rings is 2. The smallest absolute Gasteiger partial charge is 0.262 e. The van der Waals surface area contributed by atoms with Crippen molar-refractivity contribution in [2.45, 2.75) is 38.5 Å². The van der Waals surface area contributed by atoms with Crippen LogP contribution in [0.3, 0.4) is 0 Å². The minimum Gasteiger partial charge on any atom is -0.497 e. The first-order chi connectivity index (χ1) is 13.6. The molecule has 0 fully saturated rings. The molecular formula is C22H24N2O4S. The van der Waals surface area contributed by atoms with Crippen LogP contribution in [0.2, 0.25) is 0 Å². The Bertz CT molecular complexity index is 1240. The van der Waals surface area contributed by atoms with Gasteiger partial charge >= 0.3 is 0 Å². The highest BCUT2D eigenvalue weighted by atomic mass is 32.2. The van der Waals surface area contributed by atoms with Gasteiger partial charge in [-0.2, -0.15) is 0 Å². The van der Waals surface area contributed by atoms with Crippen LogP contribution in [0.5, 0.6) is 5.75 Å². The van der Waals surface area contributed by atoms with Crippen molar-refractivity contribution in [1.82, 2.24) is 4.98 Å². The van der Waals surface area contributed by atoms with Gasteiger partial charge in [0.05, 0.1) is 17.7 Å². The van der Waals surface area contributed by atoms with Crippen molar-refractivity contribution in [3.8, 4) is 5.75 Å². The van der Waals surface area contributed by atoms with E-state index in [1.54, 1.807) is 43.3 Å². The number of aromatic amines is 1. The number of ketones is 1. The number of rotatable bonds is 4. The molecule has 4 rings (SSSR count). The van der Waals surface area contributed by atoms with Gasteiger partial charge in [-0.05, 0) is 48.6 Å². The van der Waals surface area contributed by atoms with Crippen LogP contribution < -0.4 is 9.46 Å². The van der Waals surface area contributed by atoms with E-state index in [1.165, 1.54) is 7.11 Å². The van der Waals surface area contributed by atoms with Gasteiger partial charge in [0.15, 0.2) is 5.78 Å². The number of carbonyl (C=O) groups is 1. The van der Waals surface area contributed by atoms with Gasteiger partial charge in [-0.1, -0.05) is 19.9 Å². The van der Waals surface area contributed by atoms with E-state index in [1.807, 2.05) is 0 Å². The summed E-state index contributed by atoms with van der Waals surface area (Å²) in [5.74, 6) is 0.669. The zero-order valence-corrected chi connectivity index (χ0v) is 17.7. The minimum absolute atomic E-state index is 0.104. The number of fused-ring (bicyclic) bond motifs is 3. The molecule has 0 radical (unpaired) electrons. The average Bonchev–Trinajstić information content (AvgIpc) is 2.96. The van der Waals surface area contributed by atoms with Crippen LogP contribution in [0, 0.1) is 12.3 Å². The normalized spacial score (nSPS) is 15.9. The lowest BCUT2D eigenvalue weighted by Gasteiger charge is -2.28. The Morgan fingerprint density at radius 3 is 2.62 bits per heavy atom. The van der Waals surface area contributed by atoms with Gasteiger partial charge in [-0.15, -0.1) is 0 Å². The van der Waals surface area contributed by atoms with Crippen molar-refractivity contribution >= 4 is 32.4 Å². The number of H-pyrrole nitrogens is 1. The van der Waals surface area contributed by atoms with Crippen molar-refractivity contribution in [1.29, 1.82) is 0 Å². The van der Waals surface area contributed by atoms with E-state index in [9.17, 15) is 13.2 Å². The van der Waals surface area contributed by atoms with Gasteiger partial charge < -0.3 is 9.72 Å². The predicted octanol–water partition coefficient (Wildman–Crippen LogP) is 4.44. The van der Waals surface area contributed by atoms with Gasteiger partial charge in [0.2, 0.25) is 0 Å². The van der Waals surface area contributed by atoms with E-state index in [0.29, 0.717) is 34.5 Å². The Hall–Kier alpha value is -2.80. The fraction of sp³-hybridized carbons (Fsp3) is 0.318. The number of Topliss-reactive ketones (excluding diaryl/α,β-unsaturated/α-hetero) is 1. The molecule has 0 amide bonds. The van der Waals surface area contributed by atoms with Crippen molar-refractivity contribution in [2.24, 2.45) is 5.41 Å². The number of ether oxygens (including phenoxy) is 1. The standard InChI is InChI=1S/C22H24N2O4S/c1-13-8-16-17(23-18-11-22(2,3)12-19(25)21(16)18)10-20(13)29(26,27)24-14-6-5-7-15(9-14)28-4/h5-10,23-24H,11-12H2,1-4H3. The van der Waals surface area contributed by atoms with Gasteiger partial charge in [0.1, 0.15) is 5.75 Å². The summed E-state index contributed by atoms with van der Waals surface area (Å²) in [6, 6.07) is 10.2. The first-order valence-corrected chi connectivity index (χ1v) is 10.9. The molecule has 1 heterocycles. The molecule has 0 saturated heterocycles. The zero-order chi connectivity index (χ0) is 21.0. The van der Waals surface area contributed by atoms with E-state index >= 15 is 0 Å². The number of aryl methyl sites for hydroxylation is 1. The number of anilines is 1. The molecule has 1 aliphatic carbocycles. The van der Waals surface area contributed by atoms with Crippen LogP contribution in [-0.4, -0.2) is 26.3 Å². The van der Waals surface area contributed by atoms with E-state index in [2.05, 4.69) is 23.6 Å². The molecule has 152 valence electrons. The van der Waals surface area contributed by atoms with E-state index in [-0.39, 0.29) is 16.1 Å². The maximum absolute atomic E-state index is 13.0. The van der Waals surface area contributed by atoms with Crippen molar-refractivity contribution < 1.29 is 17.9 Å². The van der Waals surface area contributed by atoms with Crippen molar-refractivity contribution in [3.05, 3.63) is 53.2 Å². The van der Waals surface area contributed by atoms with Crippen LogP contribution in [-0.2, 0) is 16.4 Å². The van der Waals surface area contributed by atoms with E-state index in [4.69, 9.17) is 4.74 Å². The number of nitrogens with one attached hydrogen (secondary N) is 2. The Morgan fingerprint density at radius 2 is 1.90 bits per heavy atom.